The van der Waals surface area contributed by atoms with Crippen LogP contribution in [0, 0.1) is 6.92 Å². The number of nitrogens with zero attached hydrogens (tertiary/aromatic N) is 1. The van der Waals surface area contributed by atoms with Crippen LogP contribution in [0.25, 0.3) is 0 Å². The molecule has 1 unspecified atom stereocenters. The van der Waals surface area contributed by atoms with Crippen molar-refractivity contribution in [3.05, 3.63) is 52.2 Å². The van der Waals surface area contributed by atoms with E-state index in [1.807, 2.05) is 41.7 Å². The number of aryl methyl sites for hydroxylation is 1. The maximum atomic E-state index is 10.9. The summed E-state index contributed by atoms with van der Waals surface area (Å²) < 4.78 is 5.79. The smallest absolute Gasteiger partial charge is 0.119 e. The second-order valence-corrected chi connectivity index (χ2v) is 7.84. The van der Waals surface area contributed by atoms with E-state index in [1.165, 1.54) is 9.75 Å². The van der Waals surface area contributed by atoms with Gasteiger partial charge in [0.15, 0.2) is 0 Å². The first kappa shape index (κ1) is 16.5. The molecule has 23 heavy (non-hydrogen) atoms. The van der Waals surface area contributed by atoms with E-state index in [4.69, 9.17) is 4.74 Å². The zero-order valence-corrected chi connectivity index (χ0v) is 14.5. The molecule has 3 rings (SSSR count). The number of rotatable bonds is 5. The molecule has 2 aromatic rings. The Bertz CT molecular complexity index is 613. The van der Waals surface area contributed by atoms with Crippen LogP contribution in [0.1, 0.15) is 29.0 Å². The average Bonchev–Trinajstić information content (AvgIpc) is 2.87. The Morgan fingerprint density at radius 2 is 1.96 bits per heavy atom. The summed E-state index contributed by atoms with van der Waals surface area (Å²) in [5.41, 5.74) is -0.712. The number of aliphatic hydroxyl groups is 1. The van der Waals surface area contributed by atoms with Gasteiger partial charge in [0.2, 0.25) is 0 Å². The minimum Gasteiger partial charge on any atom is -0.491 e. The summed E-state index contributed by atoms with van der Waals surface area (Å²) in [4.78, 5) is 5.22. The van der Waals surface area contributed by atoms with Gasteiger partial charge in [-0.3, -0.25) is 4.90 Å². The Hall–Kier alpha value is -1.36. The monoisotopic (exact) mass is 331 g/mol. The van der Waals surface area contributed by atoms with E-state index in [9.17, 15) is 5.11 Å². The Morgan fingerprint density at radius 3 is 2.70 bits per heavy atom. The Balaban J connectivity index is 1.52. The Labute approximate surface area is 142 Å². The third-order valence-corrected chi connectivity index (χ3v) is 5.42. The number of thiophene rings is 1. The number of hydrogen-bond acceptors (Lipinski definition) is 4. The molecule has 0 radical (unpaired) electrons. The van der Waals surface area contributed by atoms with Crippen molar-refractivity contribution in [2.24, 2.45) is 0 Å². The number of para-hydroxylation sites is 1. The normalized spacial score (nSPS) is 22.7. The lowest BCUT2D eigenvalue weighted by Gasteiger charge is -2.27. The van der Waals surface area contributed by atoms with Crippen molar-refractivity contribution in [1.82, 2.24) is 4.90 Å². The third-order valence-electron chi connectivity index (χ3n) is 4.44. The first-order valence-corrected chi connectivity index (χ1v) is 9.13. The minimum atomic E-state index is -0.712. The van der Waals surface area contributed by atoms with Gasteiger partial charge in [0.05, 0.1) is 5.60 Å². The highest BCUT2D eigenvalue weighted by Gasteiger charge is 2.31. The Morgan fingerprint density at radius 1 is 1.13 bits per heavy atom. The van der Waals surface area contributed by atoms with E-state index in [0.29, 0.717) is 6.61 Å². The van der Waals surface area contributed by atoms with E-state index >= 15 is 0 Å². The second-order valence-electron chi connectivity index (χ2n) is 6.47. The Kier molecular flexibility index (Phi) is 5.36. The molecule has 1 aromatic carbocycles. The van der Waals surface area contributed by atoms with Crippen LogP contribution in [0.4, 0.5) is 0 Å². The van der Waals surface area contributed by atoms with Crippen LogP contribution in [0.2, 0.25) is 0 Å². The van der Waals surface area contributed by atoms with Crippen molar-refractivity contribution in [2.45, 2.75) is 38.3 Å². The van der Waals surface area contributed by atoms with Crippen LogP contribution in [0.5, 0.6) is 5.75 Å². The van der Waals surface area contributed by atoms with Crippen molar-refractivity contribution < 1.29 is 9.84 Å². The molecule has 0 spiro atoms. The van der Waals surface area contributed by atoms with Gasteiger partial charge in [0.1, 0.15) is 12.4 Å². The van der Waals surface area contributed by atoms with Gasteiger partial charge in [-0.15, -0.1) is 11.3 Å². The molecule has 1 atom stereocenters. The van der Waals surface area contributed by atoms with Crippen LogP contribution in [0.15, 0.2) is 42.5 Å². The van der Waals surface area contributed by atoms with Gasteiger partial charge in [-0.1, -0.05) is 18.2 Å². The fourth-order valence-corrected chi connectivity index (χ4v) is 3.99. The fourth-order valence-electron chi connectivity index (χ4n) is 3.06. The van der Waals surface area contributed by atoms with Gasteiger partial charge < -0.3 is 9.84 Å². The largest absolute Gasteiger partial charge is 0.491 e. The van der Waals surface area contributed by atoms with Gasteiger partial charge in [-0.2, -0.15) is 0 Å². The quantitative estimate of drug-likeness (QED) is 0.903. The summed E-state index contributed by atoms with van der Waals surface area (Å²) in [5.74, 6) is 0.830. The highest BCUT2D eigenvalue weighted by molar-refractivity contribution is 7.11. The van der Waals surface area contributed by atoms with Crippen molar-refractivity contribution in [2.75, 3.05) is 19.7 Å². The molecule has 1 aromatic heterocycles. The predicted molar refractivity (Wildman–Crippen MR) is 95.1 cm³/mol. The standard InChI is InChI=1S/C19H25NO2S/c1-16-8-9-18(23-16)14-20-12-5-10-19(21,11-13-20)15-22-17-6-3-2-4-7-17/h2-4,6-9,21H,5,10-15H2,1H3. The van der Waals surface area contributed by atoms with Gasteiger partial charge in [-0.25, -0.2) is 0 Å². The lowest BCUT2D eigenvalue weighted by Crippen LogP contribution is -2.37. The molecule has 1 fully saturated rings. The summed E-state index contributed by atoms with van der Waals surface area (Å²) >= 11 is 1.87. The lowest BCUT2D eigenvalue weighted by molar-refractivity contribution is -0.0168. The molecule has 0 aliphatic carbocycles. The number of ether oxygens (including phenoxy) is 1. The maximum absolute atomic E-state index is 10.9. The van der Waals surface area contributed by atoms with E-state index < -0.39 is 5.60 Å². The summed E-state index contributed by atoms with van der Waals surface area (Å²) in [7, 11) is 0. The molecule has 3 nitrogen and oxygen atoms in total. The number of hydrogen-bond donors (Lipinski definition) is 1. The maximum Gasteiger partial charge on any atom is 0.119 e. The molecule has 124 valence electrons. The number of likely N-dealkylation sites (tertiary alicyclic amines) is 1. The van der Waals surface area contributed by atoms with Gasteiger partial charge >= 0.3 is 0 Å². The van der Waals surface area contributed by atoms with Gasteiger partial charge in [0.25, 0.3) is 0 Å². The van der Waals surface area contributed by atoms with Crippen molar-refractivity contribution in [3.63, 3.8) is 0 Å². The molecule has 1 saturated heterocycles. The van der Waals surface area contributed by atoms with Crippen molar-refractivity contribution in [1.29, 1.82) is 0 Å². The van der Waals surface area contributed by atoms with Crippen LogP contribution in [-0.4, -0.2) is 35.3 Å². The molecular formula is C19H25NO2S. The summed E-state index contributed by atoms with van der Waals surface area (Å²) in [6.45, 7) is 5.49. The van der Waals surface area contributed by atoms with E-state index in [1.54, 1.807) is 0 Å². The fraction of sp³-hybridized carbons (Fsp3) is 0.474. The van der Waals surface area contributed by atoms with Crippen molar-refractivity contribution in [3.8, 4) is 5.75 Å². The molecule has 0 bridgehead atoms. The summed E-state index contributed by atoms with van der Waals surface area (Å²) in [5, 5.41) is 10.9. The molecular weight excluding hydrogens is 306 g/mol. The first-order chi connectivity index (χ1) is 11.1. The topological polar surface area (TPSA) is 32.7 Å². The molecule has 0 amide bonds. The molecule has 2 heterocycles. The molecule has 4 heteroatoms. The highest BCUT2D eigenvalue weighted by Crippen LogP contribution is 2.26. The molecule has 0 saturated carbocycles. The van der Waals surface area contributed by atoms with Crippen LogP contribution in [0.3, 0.4) is 0 Å². The average molecular weight is 331 g/mol. The van der Waals surface area contributed by atoms with Gasteiger partial charge in [0, 0.05) is 22.8 Å². The first-order valence-electron chi connectivity index (χ1n) is 8.31. The van der Waals surface area contributed by atoms with E-state index in [2.05, 4.69) is 24.0 Å². The summed E-state index contributed by atoms with van der Waals surface area (Å²) in [6.07, 6.45) is 2.59. The molecule has 1 aliphatic rings. The highest BCUT2D eigenvalue weighted by atomic mass is 32.1. The van der Waals surface area contributed by atoms with E-state index in [-0.39, 0.29) is 0 Å². The minimum absolute atomic E-state index is 0.378. The molecule has 1 N–H and O–H groups in total. The van der Waals surface area contributed by atoms with Crippen LogP contribution < -0.4 is 4.74 Å². The zero-order chi connectivity index (χ0) is 16.1. The lowest BCUT2D eigenvalue weighted by atomic mass is 9.96. The van der Waals surface area contributed by atoms with Crippen LogP contribution >= 0.6 is 11.3 Å². The zero-order valence-electron chi connectivity index (χ0n) is 13.7. The SMILES string of the molecule is Cc1ccc(CN2CCCC(O)(COc3ccccc3)CC2)s1. The van der Waals surface area contributed by atoms with E-state index in [0.717, 1.165) is 44.6 Å². The second kappa shape index (κ2) is 7.47. The predicted octanol–water partition coefficient (Wildman–Crippen LogP) is 3.85. The van der Waals surface area contributed by atoms with Gasteiger partial charge in [-0.05, 0) is 57.0 Å². The van der Waals surface area contributed by atoms with Crippen LogP contribution in [-0.2, 0) is 6.54 Å². The third kappa shape index (κ3) is 4.80. The molecule has 1 aliphatic heterocycles. The number of benzene rings is 1. The van der Waals surface area contributed by atoms with Crippen molar-refractivity contribution >= 4 is 11.3 Å². The summed E-state index contributed by atoms with van der Waals surface area (Å²) in [6, 6.07) is 14.2.